The molecule has 0 aliphatic rings. The predicted octanol–water partition coefficient (Wildman–Crippen LogP) is -0.193. The molecule has 110 valence electrons. The fourth-order valence-corrected chi connectivity index (χ4v) is 2.75. The lowest BCUT2D eigenvalue weighted by atomic mass is 10.2. The molecule has 1 rings (SSSR count). The van der Waals surface area contributed by atoms with E-state index in [1.807, 2.05) is 0 Å². The number of rotatable bonds is 5. The Balaban J connectivity index is 3.10. The monoisotopic (exact) mass is 302 g/mol. The van der Waals surface area contributed by atoms with Gasteiger partial charge in [0.25, 0.3) is 0 Å². The Hall–Kier alpha value is -2.13. The lowest BCUT2D eigenvalue weighted by Gasteiger charge is -2.13. The van der Waals surface area contributed by atoms with Crippen LogP contribution in [0.15, 0.2) is 23.1 Å². The van der Waals surface area contributed by atoms with Crippen LogP contribution < -0.4 is 10.5 Å². The third-order valence-electron chi connectivity index (χ3n) is 2.43. The number of nitrogens with one attached hydrogen (secondary N) is 1. The lowest BCUT2D eigenvalue weighted by Crippen LogP contribution is -2.39. The smallest absolute Gasteiger partial charge is 0.335 e. The molecule has 0 saturated heterocycles. The number of carboxylic acids is 1. The number of nitrogen functional groups attached to an aromatic ring is 1. The Morgan fingerprint density at radius 3 is 2.45 bits per heavy atom. The normalized spacial score (nSPS) is 12.7. The molecule has 0 amide bonds. The molecule has 9 heteroatoms. The van der Waals surface area contributed by atoms with Crippen molar-refractivity contribution >= 4 is 27.6 Å². The van der Waals surface area contributed by atoms with Gasteiger partial charge in [-0.05, 0) is 25.1 Å². The van der Waals surface area contributed by atoms with Crippen molar-refractivity contribution in [1.29, 1.82) is 0 Å². The summed E-state index contributed by atoms with van der Waals surface area (Å²) >= 11 is 0. The van der Waals surface area contributed by atoms with Crippen LogP contribution >= 0.6 is 0 Å². The van der Waals surface area contributed by atoms with E-state index in [9.17, 15) is 18.0 Å². The average molecular weight is 302 g/mol. The molecule has 0 bridgehead atoms. The minimum atomic E-state index is -4.06. The molecule has 0 radical (unpaired) electrons. The number of methoxy groups -OCH3 is 1. The summed E-state index contributed by atoms with van der Waals surface area (Å²) in [6.07, 6.45) is 0. The predicted molar refractivity (Wildman–Crippen MR) is 69.6 cm³/mol. The molecule has 1 aromatic rings. The minimum absolute atomic E-state index is 0.137. The van der Waals surface area contributed by atoms with Crippen molar-refractivity contribution in [2.75, 3.05) is 12.8 Å². The number of carbonyl (C=O) groups is 2. The van der Waals surface area contributed by atoms with Gasteiger partial charge in [0.05, 0.1) is 18.4 Å². The molecule has 0 saturated carbocycles. The summed E-state index contributed by atoms with van der Waals surface area (Å²) in [6, 6.07) is 2.10. The molecule has 0 aliphatic heterocycles. The number of esters is 1. The van der Waals surface area contributed by atoms with Crippen LogP contribution in [0.2, 0.25) is 0 Å². The van der Waals surface area contributed by atoms with Crippen LogP contribution in [0.1, 0.15) is 17.3 Å². The second-order valence-corrected chi connectivity index (χ2v) is 5.61. The summed E-state index contributed by atoms with van der Waals surface area (Å²) in [7, 11) is -2.93. The molecular formula is C11H14N2O6S. The average Bonchev–Trinajstić information content (AvgIpc) is 2.36. The van der Waals surface area contributed by atoms with E-state index in [4.69, 9.17) is 10.8 Å². The van der Waals surface area contributed by atoms with E-state index in [1.165, 1.54) is 6.92 Å². The van der Waals surface area contributed by atoms with Gasteiger partial charge in [-0.25, -0.2) is 13.2 Å². The van der Waals surface area contributed by atoms with E-state index in [0.29, 0.717) is 0 Å². The number of sulfonamides is 1. The Labute approximate surface area is 115 Å². The standard InChI is InChI=1S/C11H14N2O6S/c1-6(11(16)19-2)13-20(17,18)9-4-3-7(10(14)15)5-8(9)12/h3-6,13H,12H2,1-2H3,(H,14,15). The largest absolute Gasteiger partial charge is 0.478 e. The van der Waals surface area contributed by atoms with Gasteiger partial charge < -0.3 is 15.6 Å². The number of hydrogen-bond donors (Lipinski definition) is 3. The number of ether oxygens (including phenoxy) is 1. The lowest BCUT2D eigenvalue weighted by molar-refractivity contribution is -0.142. The molecule has 0 aliphatic carbocycles. The van der Waals surface area contributed by atoms with Gasteiger partial charge in [0.1, 0.15) is 10.9 Å². The highest BCUT2D eigenvalue weighted by Crippen LogP contribution is 2.20. The number of benzene rings is 1. The third-order valence-corrected chi connectivity index (χ3v) is 4.05. The summed E-state index contributed by atoms with van der Waals surface area (Å²) < 4.78 is 30.5. The molecule has 1 atom stereocenters. The van der Waals surface area contributed by atoms with Crippen molar-refractivity contribution < 1.29 is 27.9 Å². The highest BCUT2D eigenvalue weighted by molar-refractivity contribution is 7.89. The fourth-order valence-electron chi connectivity index (χ4n) is 1.45. The zero-order valence-corrected chi connectivity index (χ0v) is 11.6. The van der Waals surface area contributed by atoms with Crippen LogP contribution in [0.3, 0.4) is 0 Å². The van der Waals surface area contributed by atoms with Gasteiger partial charge in [-0.15, -0.1) is 0 Å². The van der Waals surface area contributed by atoms with E-state index in [1.54, 1.807) is 0 Å². The Bertz CT molecular complexity index is 640. The molecule has 0 aromatic heterocycles. The molecule has 8 nitrogen and oxygen atoms in total. The number of hydrogen-bond acceptors (Lipinski definition) is 6. The molecular weight excluding hydrogens is 288 g/mol. The first-order chi connectivity index (χ1) is 9.19. The van der Waals surface area contributed by atoms with E-state index < -0.39 is 28.0 Å². The van der Waals surface area contributed by atoms with Crippen LogP contribution in [0.25, 0.3) is 0 Å². The zero-order valence-electron chi connectivity index (χ0n) is 10.8. The van der Waals surface area contributed by atoms with Crippen LogP contribution in [0, 0.1) is 0 Å². The van der Waals surface area contributed by atoms with Gasteiger partial charge in [-0.2, -0.15) is 4.72 Å². The Morgan fingerprint density at radius 2 is 2.00 bits per heavy atom. The molecule has 0 heterocycles. The van der Waals surface area contributed by atoms with Crippen LogP contribution in [0.4, 0.5) is 5.69 Å². The summed E-state index contributed by atoms with van der Waals surface area (Å²) in [4.78, 5) is 21.6. The Kier molecular flexibility index (Phi) is 4.69. The zero-order chi connectivity index (χ0) is 15.5. The number of nitrogens with two attached hydrogens (primary N) is 1. The highest BCUT2D eigenvalue weighted by atomic mass is 32.2. The molecule has 0 fully saturated rings. The maximum Gasteiger partial charge on any atom is 0.335 e. The van der Waals surface area contributed by atoms with Crippen molar-refractivity contribution in [3.05, 3.63) is 23.8 Å². The summed E-state index contributed by atoms with van der Waals surface area (Å²) in [5, 5.41) is 8.77. The SMILES string of the molecule is COC(=O)C(C)NS(=O)(=O)c1ccc(C(=O)O)cc1N. The number of carboxylic acid groups (broad SMARTS) is 1. The second kappa shape index (κ2) is 5.88. The molecule has 20 heavy (non-hydrogen) atoms. The third kappa shape index (κ3) is 3.45. The highest BCUT2D eigenvalue weighted by Gasteiger charge is 2.24. The first-order valence-electron chi connectivity index (χ1n) is 5.42. The van der Waals surface area contributed by atoms with Crippen molar-refractivity contribution in [1.82, 2.24) is 4.72 Å². The van der Waals surface area contributed by atoms with Crippen molar-refractivity contribution in [2.45, 2.75) is 17.9 Å². The minimum Gasteiger partial charge on any atom is -0.478 e. The summed E-state index contributed by atoms with van der Waals surface area (Å²) in [5.41, 5.74) is 5.17. The van der Waals surface area contributed by atoms with Crippen LogP contribution in [-0.2, 0) is 19.6 Å². The first-order valence-corrected chi connectivity index (χ1v) is 6.90. The number of aromatic carboxylic acids is 1. The topological polar surface area (TPSA) is 136 Å². The molecule has 1 unspecified atom stereocenters. The second-order valence-electron chi connectivity index (χ2n) is 3.92. The number of anilines is 1. The van der Waals surface area contributed by atoms with E-state index >= 15 is 0 Å². The Morgan fingerprint density at radius 1 is 1.40 bits per heavy atom. The van der Waals surface area contributed by atoms with Gasteiger partial charge in [0.15, 0.2) is 0 Å². The quantitative estimate of drug-likeness (QED) is 0.506. The van der Waals surface area contributed by atoms with Gasteiger partial charge >= 0.3 is 11.9 Å². The van der Waals surface area contributed by atoms with Crippen LogP contribution in [0.5, 0.6) is 0 Å². The van der Waals surface area contributed by atoms with Gasteiger partial charge in [0, 0.05) is 0 Å². The first kappa shape index (κ1) is 15.9. The van der Waals surface area contributed by atoms with Gasteiger partial charge in [-0.1, -0.05) is 0 Å². The number of carbonyl (C=O) groups excluding carboxylic acids is 1. The van der Waals surface area contributed by atoms with E-state index in [0.717, 1.165) is 25.3 Å². The molecule has 1 aromatic carbocycles. The van der Waals surface area contributed by atoms with Gasteiger partial charge in [-0.3, -0.25) is 4.79 Å². The van der Waals surface area contributed by atoms with Crippen molar-refractivity contribution in [3.8, 4) is 0 Å². The van der Waals surface area contributed by atoms with Gasteiger partial charge in [0.2, 0.25) is 10.0 Å². The summed E-state index contributed by atoms with van der Waals surface area (Å²) in [6.45, 7) is 1.31. The van der Waals surface area contributed by atoms with Crippen LogP contribution in [-0.4, -0.2) is 38.6 Å². The maximum atomic E-state index is 12.0. The van der Waals surface area contributed by atoms with Crippen molar-refractivity contribution in [3.63, 3.8) is 0 Å². The summed E-state index contributed by atoms with van der Waals surface area (Å²) in [5.74, 6) is -1.98. The molecule has 4 N–H and O–H groups in total. The fraction of sp³-hybridized carbons (Fsp3) is 0.273. The van der Waals surface area contributed by atoms with E-state index in [-0.39, 0.29) is 16.1 Å². The van der Waals surface area contributed by atoms with E-state index in [2.05, 4.69) is 9.46 Å². The van der Waals surface area contributed by atoms with Crippen molar-refractivity contribution in [2.24, 2.45) is 0 Å². The molecule has 0 spiro atoms. The maximum absolute atomic E-state index is 12.0.